The number of hydrogen-bond acceptors (Lipinski definition) is 3. The van der Waals surface area contributed by atoms with Gasteiger partial charge in [0.25, 0.3) is 0 Å². The zero-order valence-electron chi connectivity index (χ0n) is 9.49. The summed E-state index contributed by atoms with van der Waals surface area (Å²) in [5, 5.41) is 0. The zero-order valence-corrected chi connectivity index (χ0v) is 10.3. The summed E-state index contributed by atoms with van der Waals surface area (Å²) in [6.45, 7) is 0.193. The average molecular weight is 283 g/mol. The number of hydrogen-bond donors (Lipinski definition) is 1. The van der Waals surface area contributed by atoms with E-state index in [4.69, 9.17) is 0 Å². The third kappa shape index (κ3) is 6.45. The molecule has 0 aliphatic carbocycles. The lowest BCUT2D eigenvalue weighted by Gasteiger charge is -2.09. The summed E-state index contributed by atoms with van der Waals surface area (Å²) < 4.78 is 63.2. The number of benzene rings is 1. The highest BCUT2D eigenvalue weighted by molar-refractivity contribution is 7.88. The average Bonchev–Trinajstić information content (AvgIpc) is 2.16. The quantitative estimate of drug-likeness (QED) is 0.894. The maximum absolute atomic E-state index is 11.9. The van der Waals surface area contributed by atoms with Crippen molar-refractivity contribution in [2.24, 2.45) is 0 Å². The SMILES string of the molecule is CS(=O)(=O)NCCc1ccc(OC(F)(F)F)cc1. The molecule has 8 heteroatoms. The van der Waals surface area contributed by atoms with E-state index in [0.29, 0.717) is 12.0 Å². The van der Waals surface area contributed by atoms with Crippen LogP contribution in [0.1, 0.15) is 5.56 Å². The van der Waals surface area contributed by atoms with Crippen molar-refractivity contribution in [3.05, 3.63) is 29.8 Å². The Morgan fingerprint density at radius 2 is 1.78 bits per heavy atom. The summed E-state index contributed by atoms with van der Waals surface area (Å²) in [7, 11) is -3.25. The smallest absolute Gasteiger partial charge is 0.406 e. The van der Waals surface area contributed by atoms with E-state index in [9.17, 15) is 21.6 Å². The van der Waals surface area contributed by atoms with E-state index in [1.165, 1.54) is 24.3 Å². The van der Waals surface area contributed by atoms with Gasteiger partial charge in [-0.25, -0.2) is 13.1 Å². The summed E-state index contributed by atoms with van der Waals surface area (Å²) in [5.41, 5.74) is 0.709. The molecule has 0 spiro atoms. The van der Waals surface area contributed by atoms with Crippen LogP contribution in [-0.4, -0.2) is 27.6 Å². The van der Waals surface area contributed by atoms with Gasteiger partial charge in [-0.05, 0) is 24.1 Å². The van der Waals surface area contributed by atoms with Crippen molar-refractivity contribution in [1.29, 1.82) is 0 Å². The van der Waals surface area contributed by atoms with Crippen molar-refractivity contribution in [3.63, 3.8) is 0 Å². The Balaban J connectivity index is 2.51. The highest BCUT2D eigenvalue weighted by Crippen LogP contribution is 2.22. The second-order valence-corrected chi connectivity index (χ2v) is 5.44. The van der Waals surface area contributed by atoms with Crippen molar-refractivity contribution in [2.45, 2.75) is 12.8 Å². The lowest BCUT2D eigenvalue weighted by Crippen LogP contribution is -2.24. The lowest BCUT2D eigenvalue weighted by atomic mass is 10.1. The second-order valence-electron chi connectivity index (χ2n) is 3.61. The van der Waals surface area contributed by atoms with Crippen LogP contribution in [0.3, 0.4) is 0 Å². The van der Waals surface area contributed by atoms with Crippen molar-refractivity contribution in [1.82, 2.24) is 4.72 Å². The third-order valence-electron chi connectivity index (χ3n) is 1.93. The zero-order chi connectivity index (χ0) is 13.8. The van der Waals surface area contributed by atoms with Crippen LogP contribution < -0.4 is 9.46 Å². The molecule has 0 heterocycles. The van der Waals surface area contributed by atoms with Gasteiger partial charge in [-0.2, -0.15) is 0 Å². The molecule has 0 aliphatic rings. The van der Waals surface area contributed by atoms with Crippen LogP contribution in [0.2, 0.25) is 0 Å². The molecule has 0 unspecified atom stereocenters. The summed E-state index contributed by atoms with van der Waals surface area (Å²) in [6, 6.07) is 5.27. The van der Waals surface area contributed by atoms with Crippen molar-refractivity contribution >= 4 is 10.0 Å². The molecule has 0 aliphatic heterocycles. The van der Waals surface area contributed by atoms with Gasteiger partial charge in [-0.15, -0.1) is 13.2 Å². The number of halogens is 3. The molecule has 1 N–H and O–H groups in total. The molecule has 0 atom stereocenters. The first kappa shape index (κ1) is 14.8. The van der Waals surface area contributed by atoms with Gasteiger partial charge in [0.05, 0.1) is 6.26 Å². The lowest BCUT2D eigenvalue weighted by molar-refractivity contribution is -0.274. The summed E-state index contributed by atoms with van der Waals surface area (Å²) in [4.78, 5) is 0. The van der Waals surface area contributed by atoms with Crippen LogP contribution in [0.5, 0.6) is 5.75 Å². The molecule has 1 aromatic carbocycles. The first-order chi connectivity index (χ1) is 8.16. The van der Waals surface area contributed by atoms with E-state index in [1.807, 2.05) is 0 Å². The molecule has 4 nitrogen and oxygen atoms in total. The minimum atomic E-state index is -4.71. The normalized spacial score (nSPS) is 12.4. The highest BCUT2D eigenvalue weighted by Gasteiger charge is 2.30. The standard InChI is InChI=1S/C10H12F3NO3S/c1-18(15,16)14-7-6-8-2-4-9(5-3-8)17-10(11,12)13/h2-5,14H,6-7H2,1H3. The Hall–Kier alpha value is -1.28. The van der Waals surface area contributed by atoms with Gasteiger partial charge >= 0.3 is 6.36 Å². The van der Waals surface area contributed by atoms with Crippen LogP contribution in [-0.2, 0) is 16.4 Å². The minimum Gasteiger partial charge on any atom is -0.406 e. The Kier molecular flexibility index (Phi) is 4.58. The first-order valence-corrected chi connectivity index (χ1v) is 6.84. The van der Waals surface area contributed by atoms with E-state index < -0.39 is 16.4 Å². The van der Waals surface area contributed by atoms with Gasteiger partial charge in [-0.1, -0.05) is 12.1 Å². The third-order valence-corrected chi connectivity index (χ3v) is 2.66. The first-order valence-electron chi connectivity index (χ1n) is 4.95. The van der Waals surface area contributed by atoms with E-state index in [0.717, 1.165) is 6.26 Å². The second kappa shape index (κ2) is 5.57. The molecule has 0 aromatic heterocycles. The molecule has 1 rings (SSSR count). The van der Waals surface area contributed by atoms with Crippen LogP contribution >= 0.6 is 0 Å². The van der Waals surface area contributed by atoms with Crippen LogP contribution in [0.25, 0.3) is 0 Å². The summed E-state index contributed by atoms with van der Waals surface area (Å²) in [5.74, 6) is -0.303. The molecular formula is C10H12F3NO3S. The van der Waals surface area contributed by atoms with Gasteiger partial charge in [0.1, 0.15) is 5.75 Å². The molecule has 0 bridgehead atoms. The molecule has 0 saturated heterocycles. The number of ether oxygens (including phenoxy) is 1. The number of sulfonamides is 1. The van der Waals surface area contributed by atoms with Crippen molar-refractivity contribution < 1.29 is 26.3 Å². The summed E-state index contributed by atoms with van der Waals surface area (Å²) >= 11 is 0. The largest absolute Gasteiger partial charge is 0.573 e. The molecule has 1 aromatic rings. The van der Waals surface area contributed by atoms with E-state index in [1.54, 1.807) is 0 Å². The molecule has 18 heavy (non-hydrogen) atoms. The number of alkyl halides is 3. The Morgan fingerprint density at radius 3 is 2.22 bits per heavy atom. The van der Waals surface area contributed by atoms with E-state index >= 15 is 0 Å². The van der Waals surface area contributed by atoms with E-state index in [-0.39, 0.29) is 12.3 Å². The molecule has 102 valence electrons. The number of rotatable bonds is 5. The van der Waals surface area contributed by atoms with Crippen LogP contribution in [0.15, 0.2) is 24.3 Å². The van der Waals surface area contributed by atoms with Crippen molar-refractivity contribution in [2.75, 3.05) is 12.8 Å². The Labute approximate surface area is 103 Å². The predicted molar refractivity (Wildman–Crippen MR) is 59.7 cm³/mol. The maximum Gasteiger partial charge on any atom is 0.573 e. The molecular weight excluding hydrogens is 271 g/mol. The molecule has 0 fully saturated rings. The van der Waals surface area contributed by atoms with Crippen molar-refractivity contribution in [3.8, 4) is 5.75 Å². The monoisotopic (exact) mass is 283 g/mol. The van der Waals surface area contributed by atoms with Gasteiger partial charge in [0.2, 0.25) is 10.0 Å². The minimum absolute atomic E-state index is 0.193. The fourth-order valence-corrected chi connectivity index (χ4v) is 1.71. The fraction of sp³-hybridized carbons (Fsp3) is 0.400. The van der Waals surface area contributed by atoms with Crippen LogP contribution in [0.4, 0.5) is 13.2 Å². The molecule has 0 saturated carbocycles. The summed E-state index contributed by atoms with van der Waals surface area (Å²) in [6.07, 6.45) is -3.29. The van der Waals surface area contributed by atoms with Gasteiger partial charge in [0.15, 0.2) is 0 Å². The Bertz CT molecular complexity index is 482. The predicted octanol–water partition coefficient (Wildman–Crippen LogP) is 1.68. The topological polar surface area (TPSA) is 55.4 Å². The van der Waals surface area contributed by atoms with E-state index in [2.05, 4.69) is 9.46 Å². The van der Waals surface area contributed by atoms with Crippen LogP contribution in [0, 0.1) is 0 Å². The molecule has 0 amide bonds. The Morgan fingerprint density at radius 1 is 1.22 bits per heavy atom. The highest BCUT2D eigenvalue weighted by atomic mass is 32.2. The van der Waals surface area contributed by atoms with Gasteiger partial charge in [-0.3, -0.25) is 0 Å². The molecule has 0 radical (unpaired) electrons. The van der Waals surface area contributed by atoms with Gasteiger partial charge in [0, 0.05) is 6.54 Å². The maximum atomic E-state index is 11.9. The van der Waals surface area contributed by atoms with Gasteiger partial charge < -0.3 is 4.74 Å². The fourth-order valence-electron chi connectivity index (χ4n) is 1.24. The number of nitrogens with one attached hydrogen (secondary N) is 1.